The van der Waals surface area contributed by atoms with Gasteiger partial charge in [-0.25, -0.2) is 0 Å². The lowest BCUT2D eigenvalue weighted by molar-refractivity contribution is -0.151. The van der Waals surface area contributed by atoms with Gasteiger partial charge in [-0.1, -0.05) is 0 Å². The molecule has 4 heteroatoms. The third kappa shape index (κ3) is 1.21. The van der Waals surface area contributed by atoms with E-state index in [1.165, 1.54) is 0 Å². The number of hydrogen-bond acceptors (Lipinski definition) is 4. The molecule has 0 spiro atoms. The number of cyclic esters (lactones) is 1. The maximum absolute atomic E-state index is 11.1. The monoisotopic (exact) mass is 171 g/mol. The molecule has 1 unspecified atom stereocenters. The number of carbonyl (C=O) groups is 1. The molecule has 0 aromatic heterocycles. The lowest BCUT2D eigenvalue weighted by Gasteiger charge is -2.46. The number of hydrogen-bond donors (Lipinski definition) is 1. The van der Waals surface area contributed by atoms with Gasteiger partial charge in [-0.15, -0.1) is 0 Å². The Labute approximate surface area is 71.1 Å². The van der Waals surface area contributed by atoms with Crippen molar-refractivity contribution in [2.75, 3.05) is 19.7 Å². The molecule has 4 nitrogen and oxygen atoms in total. The molecule has 2 rings (SSSR count). The number of carbonyl (C=O) groups excluding carboxylic acids is 1. The van der Waals surface area contributed by atoms with Crippen LogP contribution in [0.3, 0.4) is 0 Å². The second-order valence-electron chi connectivity index (χ2n) is 3.87. The Morgan fingerprint density at radius 1 is 1.67 bits per heavy atom. The molecular formula is C8H13NO3. The fraction of sp³-hybridized carbons (Fsp3) is 0.875. The van der Waals surface area contributed by atoms with Crippen molar-refractivity contribution in [3.8, 4) is 0 Å². The van der Waals surface area contributed by atoms with Crippen molar-refractivity contribution >= 4 is 5.97 Å². The molecule has 2 aliphatic rings. The highest BCUT2D eigenvalue weighted by atomic mass is 16.5. The van der Waals surface area contributed by atoms with E-state index in [2.05, 4.69) is 0 Å². The van der Waals surface area contributed by atoms with Crippen molar-refractivity contribution in [1.29, 1.82) is 0 Å². The maximum atomic E-state index is 11.1. The Morgan fingerprint density at radius 2 is 2.33 bits per heavy atom. The molecule has 1 atom stereocenters. The summed E-state index contributed by atoms with van der Waals surface area (Å²) in [5, 5.41) is 9.44. The maximum Gasteiger partial charge on any atom is 0.323 e. The SMILES string of the molecule is CC1(O)CN(C2CCOC2=O)C1. The first-order chi connectivity index (χ1) is 5.58. The summed E-state index contributed by atoms with van der Waals surface area (Å²) in [5.41, 5.74) is -0.594. The van der Waals surface area contributed by atoms with E-state index in [9.17, 15) is 9.90 Å². The van der Waals surface area contributed by atoms with Crippen molar-refractivity contribution in [2.24, 2.45) is 0 Å². The van der Waals surface area contributed by atoms with E-state index in [0.717, 1.165) is 6.42 Å². The third-order valence-electron chi connectivity index (χ3n) is 2.44. The highest BCUT2D eigenvalue weighted by Gasteiger charge is 2.44. The van der Waals surface area contributed by atoms with Crippen molar-refractivity contribution < 1.29 is 14.6 Å². The minimum absolute atomic E-state index is 0.0924. The average molecular weight is 171 g/mol. The Morgan fingerprint density at radius 3 is 2.75 bits per heavy atom. The van der Waals surface area contributed by atoms with E-state index >= 15 is 0 Å². The molecule has 0 radical (unpaired) electrons. The normalized spacial score (nSPS) is 34.5. The molecule has 0 aliphatic carbocycles. The van der Waals surface area contributed by atoms with Crippen LogP contribution in [-0.2, 0) is 9.53 Å². The number of rotatable bonds is 1. The minimum Gasteiger partial charge on any atom is -0.464 e. The number of β-amino-alcohol motifs (C(OH)–C–C–N with tert-alkyl or cyclic N) is 1. The lowest BCUT2D eigenvalue weighted by atomic mass is 9.94. The molecule has 0 aromatic rings. The minimum atomic E-state index is -0.594. The van der Waals surface area contributed by atoms with Gasteiger partial charge in [0.1, 0.15) is 6.04 Å². The standard InChI is InChI=1S/C8H13NO3/c1-8(11)4-9(5-8)6-2-3-12-7(6)10/h6,11H,2-5H2,1H3. The quantitative estimate of drug-likeness (QED) is 0.534. The Bertz CT molecular complexity index is 206. The topological polar surface area (TPSA) is 49.8 Å². The van der Waals surface area contributed by atoms with E-state index in [1.807, 2.05) is 4.90 Å². The molecule has 12 heavy (non-hydrogen) atoms. The summed E-state index contributed by atoms with van der Waals surface area (Å²) in [5.74, 6) is -0.134. The molecule has 2 aliphatic heterocycles. The molecule has 1 N–H and O–H groups in total. The van der Waals surface area contributed by atoms with Crippen LogP contribution in [0.1, 0.15) is 13.3 Å². The van der Waals surface area contributed by atoms with Gasteiger partial charge in [0, 0.05) is 19.5 Å². The number of nitrogens with zero attached hydrogens (tertiary/aromatic N) is 1. The van der Waals surface area contributed by atoms with Gasteiger partial charge in [-0.3, -0.25) is 9.69 Å². The van der Waals surface area contributed by atoms with Crippen LogP contribution >= 0.6 is 0 Å². The van der Waals surface area contributed by atoms with E-state index in [1.54, 1.807) is 6.92 Å². The lowest BCUT2D eigenvalue weighted by Crippen LogP contribution is -2.63. The van der Waals surface area contributed by atoms with Crippen molar-refractivity contribution in [3.05, 3.63) is 0 Å². The first kappa shape index (κ1) is 8.01. The van der Waals surface area contributed by atoms with Crippen LogP contribution in [0.15, 0.2) is 0 Å². The van der Waals surface area contributed by atoms with E-state index in [4.69, 9.17) is 4.74 Å². The first-order valence-electron chi connectivity index (χ1n) is 4.22. The average Bonchev–Trinajstić information content (AvgIpc) is 2.30. The van der Waals surface area contributed by atoms with Crippen LogP contribution in [0.5, 0.6) is 0 Å². The molecule has 0 aromatic carbocycles. The summed E-state index contributed by atoms with van der Waals surface area (Å²) in [6, 6.07) is -0.0924. The molecule has 2 fully saturated rings. The first-order valence-corrected chi connectivity index (χ1v) is 4.22. The summed E-state index contributed by atoms with van der Waals surface area (Å²) in [7, 11) is 0. The van der Waals surface area contributed by atoms with E-state index in [-0.39, 0.29) is 12.0 Å². The van der Waals surface area contributed by atoms with Crippen molar-refractivity contribution in [3.63, 3.8) is 0 Å². The molecule has 68 valence electrons. The highest BCUT2D eigenvalue weighted by molar-refractivity contribution is 5.77. The summed E-state index contributed by atoms with van der Waals surface area (Å²) < 4.78 is 4.83. The van der Waals surface area contributed by atoms with Crippen LogP contribution in [0.2, 0.25) is 0 Å². The fourth-order valence-corrected chi connectivity index (χ4v) is 1.87. The van der Waals surface area contributed by atoms with Crippen LogP contribution in [-0.4, -0.2) is 47.3 Å². The zero-order valence-electron chi connectivity index (χ0n) is 7.12. The van der Waals surface area contributed by atoms with Gasteiger partial charge < -0.3 is 9.84 Å². The zero-order valence-corrected chi connectivity index (χ0v) is 7.12. The second-order valence-corrected chi connectivity index (χ2v) is 3.87. The predicted molar refractivity (Wildman–Crippen MR) is 41.6 cm³/mol. The number of likely N-dealkylation sites (tertiary alicyclic amines) is 1. The zero-order chi connectivity index (χ0) is 8.77. The van der Waals surface area contributed by atoms with Gasteiger partial charge in [0.15, 0.2) is 0 Å². The van der Waals surface area contributed by atoms with Crippen LogP contribution < -0.4 is 0 Å². The molecular weight excluding hydrogens is 158 g/mol. The van der Waals surface area contributed by atoms with Crippen LogP contribution in [0.25, 0.3) is 0 Å². The molecule has 2 heterocycles. The van der Waals surface area contributed by atoms with Gasteiger partial charge >= 0.3 is 5.97 Å². The van der Waals surface area contributed by atoms with Crippen LogP contribution in [0.4, 0.5) is 0 Å². The number of ether oxygens (including phenoxy) is 1. The summed E-state index contributed by atoms with van der Waals surface area (Å²) >= 11 is 0. The van der Waals surface area contributed by atoms with Crippen molar-refractivity contribution in [1.82, 2.24) is 4.90 Å². The Kier molecular flexibility index (Phi) is 1.63. The number of aliphatic hydroxyl groups is 1. The van der Waals surface area contributed by atoms with Gasteiger partial charge in [-0.2, -0.15) is 0 Å². The molecule has 0 amide bonds. The van der Waals surface area contributed by atoms with Crippen LogP contribution in [0, 0.1) is 0 Å². The summed E-state index contributed by atoms with van der Waals surface area (Å²) in [6.07, 6.45) is 0.773. The van der Waals surface area contributed by atoms with Gasteiger partial charge in [0.25, 0.3) is 0 Å². The molecule has 0 saturated carbocycles. The largest absolute Gasteiger partial charge is 0.464 e. The Hall–Kier alpha value is -0.610. The van der Waals surface area contributed by atoms with E-state index in [0.29, 0.717) is 19.7 Å². The van der Waals surface area contributed by atoms with Crippen molar-refractivity contribution in [2.45, 2.75) is 25.0 Å². The summed E-state index contributed by atoms with van der Waals surface area (Å²) in [4.78, 5) is 13.0. The molecule has 2 saturated heterocycles. The van der Waals surface area contributed by atoms with Gasteiger partial charge in [-0.05, 0) is 6.92 Å². The molecule has 0 bridgehead atoms. The summed E-state index contributed by atoms with van der Waals surface area (Å²) in [6.45, 7) is 3.49. The Balaban J connectivity index is 1.92. The van der Waals surface area contributed by atoms with Gasteiger partial charge in [0.2, 0.25) is 0 Å². The smallest absolute Gasteiger partial charge is 0.323 e. The van der Waals surface area contributed by atoms with E-state index < -0.39 is 5.60 Å². The highest BCUT2D eigenvalue weighted by Crippen LogP contribution is 2.26. The second kappa shape index (κ2) is 2.44. The third-order valence-corrected chi connectivity index (χ3v) is 2.44. The fourth-order valence-electron chi connectivity index (χ4n) is 1.87. The van der Waals surface area contributed by atoms with Gasteiger partial charge in [0.05, 0.1) is 12.2 Å². The predicted octanol–water partition coefficient (Wildman–Crippen LogP) is -0.631. The number of esters is 1.